The minimum Gasteiger partial charge on any atom is -0.0620 e. The predicted molar refractivity (Wildman–Crippen MR) is 196 cm³/mol. The third-order valence-electron chi connectivity index (χ3n) is 8.47. The zero-order valence-electron chi connectivity index (χ0n) is 24.5. The molecule has 0 saturated carbocycles. The van der Waals surface area contributed by atoms with Gasteiger partial charge < -0.3 is 0 Å². The van der Waals surface area contributed by atoms with Crippen LogP contribution in [0, 0.1) is 0 Å². The van der Waals surface area contributed by atoms with E-state index in [9.17, 15) is 0 Å². The minimum absolute atomic E-state index is 1.36. The lowest BCUT2D eigenvalue weighted by Crippen LogP contribution is -2.49. The van der Waals surface area contributed by atoms with Gasteiger partial charge >= 0.3 is 0 Å². The molecule has 0 atom stereocenters. The Morgan fingerprint density at radius 3 is 0.523 bits per heavy atom. The number of hydrogen-bond acceptors (Lipinski definition) is 0. The van der Waals surface area contributed by atoms with E-state index >= 15 is 0 Å². The van der Waals surface area contributed by atoms with E-state index in [-0.39, 0.29) is 0 Å². The highest BCUT2D eigenvalue weighted by molar-refractivity contribution is 8.06. The van der Waals surface area contributed by atoms with Crippen molar-refractivity contribution in [2.24, 2.45) is 0 Å². The van der Waals surface area contributed by atoms with Crippen LogP contribution in [-0.4, -0.2) is 0 Å². The largest absolute Gasteiger partial charge is 0.153 e. The van der Waals surface area contributed by atoms with Gasteiger partial charge in [-0.3, -0.25) is 0 Å². The maximum Gasteiger partial charge on any atom is 0.153 e. The second-order valence-electron chi connectivity index (χ2n) is 10.8. The molecule has 0 radical (unpaired) electrons. The van der Waals surface area contributed by atoms with Gasteiger partial charge in [-0.2, -0.15) is 0 Å². The molecule has 7 aromatic carbocycles. The summed E-state index contributed by atoms with van der Waals surface area (Å²) in [5.41, 5.74) is 0. The second kappa shape index (κ2) is 12.6. The number of hydrogen-bond donors (Lipinski definition) is 0. The van der Waals surface area contributed by atoms with Crippen LogP contribution in [0.25, 0.3) is 0 Å². The van der Waals surface area contributed by atoms with Crippen LogP contribution in [0.5, 0.6) is 0 Å². The summed E-state index contributed by atoms with van der Waals surface area (Å²) in [4.78, 5) is 0. The van der Waals surface area contributed by atoms with Crippen molar-refractivity contribution in [2.75, 3.05) is 0 Å². The fraction of sp³-hybridized carbons (Fsp3) is 0. The normalized spacial score (nSPS) is 11.6. The predicted octanol–water partition coefficient (Wildman–Crippen LogP) is 6.93. The SMILES string of the molecule is c1ccc([P+](c2ccccc2)(c2ccccc2)c2ccccc2[P+](c2ccccc2)(c2ccccc2)c2ccccc2)cc1. The van der Waals surface area contributed by atoms with E-state index in [4.69, 9.17) is 0 Å². The molecule has 0 spiro atoms. The number of rotatable bonds is 8. The summed E-state index contributed by atoms with van der Waals surface area (Å²) in [7, 11) is -4.75. The van der Waals surface area contributed by atoms with Gasteiger partial charge in [-0.1, -0.05) is 121 Å². The molecule has 0 bridgehead atoms. The molecule has 0 aliphatic rings. The fourth-order valence-corrected chi connectivity index (χ4v) is 16.2. The van der Waals surface area contributed by atoms with Crippen molar-refractivity contribution >= 4 is 57.0 Å². The zero-order chi connectivity index (χ0) is 29.7. The van der Waals surface area contributed by atoms with E-state index in [1.165, 1.54) is 42.4 Å². The van der Waals surface area contributed by atoms with E-state index in [1.807, 2.05) is 0 Å². The first-order valence-corrected chi connectivity index (χ1v) is 18.7. The van der Waals surface area contributed by atoms with E-state index in [1.54, 1.807) is 0 Å². The van der Waals surface area contributed by atoms with Crippen LogP contribution < -0.4 is 42.4 Å². The first-order chi connectivity index (χ1) is 21.9. The third-order valence-corrected chi connectivity index (χ3v) is 17.3. The van der Waals surface area contributed by atoms with Gasteiger partial charge in [0.25, 0.3) is 0 Å². The molecule has 0 aliphatic heterocycles. The topological polar surface area (TPSA) is 0 Å². The lowest BCUT2D eigenvalue weighted by Gasteiger charge is -2.33. The monoisotopic (exact) mass is 600 g/mol. The van der Waals surface area contributed by atoms with Crippen LogP contribution in [0.1, 0.15) is 0 Å². The van der Waals surface area contributed by atoms with Gasteiger partial charge in [0.15, 0.2) is 10.6 Å². The molecule has 0 aliphatic carbocycles. The Morgan fingerprint density at radius 1 is 0.182 bits per heavy atom. The summed E-state index contributed by atoms with van der Waals surface area (Å²) in [6, 6.07) is 76.7. The molecule has 0 fully saturated rings. The van der Waals surface area contributed by atoms with Crippen molar-refractivity contribution in [1.29, 1.82) is 0 Å². The van der Waals surface area contributed by atoms with Crippen molar-refractivity contribution in [3.05, 3.63) is 206 Å². The Bertz CT molecular complexity index is 1580. The zero-order valence-corrected chi connectivity index (χ0v) is 26.3. The van der Waals surface area contributed by atoms with Gasteiger partial charge in [0.05, 0.1) is 0 Å². The van der Waals surface area contributed by atoms with Gasteiger partial charge in [-0.25, -0.2) is 0 Å². The molecular formula is C42H34P2+2. The van der Waals surface area contributed by atoms with Crippen LogP contribution in [0.4, 0.5) is 0 Å². The molecule has 44 heavy (non-hydrogen) atoms. The van der Waals surface area contributed by atoms with Gasteiger partial charge in [-0.15, -0.1) is 0 Å². The van der Waals surface area contributed by atoms with Gasteiger partial charge in [0, 0.05) is 0 Å². The molecule has 0 unspecified atom stereocenters. The Hall–Kier alpha value is -4.60. The summed E-state index contributed by atoms with van der Waals surface area (Å²) in [5, 5.41) is 11.0. The summed E-state index contributed by atoms with van der Waals surface area (Å²) in [6.07, 6.45) is 0. The first kappa shape index (κ1) is 28.2. The summed E-state index contributed by atoms with van der Waals surface area (Å²) < 4.78 is 0. The molecule has 0 saturated heterocycles. The third kappa shape index (κ3) is 4.73. The number of benzene rings is 7. The molecule has 0 N–H and O–H groups in total. The van der Waals surface area contributed by atoms with Crippen molar-refractivity contribution in [2.45, 2.75) is 0 Å². The van der Waals surface area contributed by atoms with E-state index in [0.29, 0.717) is 0 Å². The Kier molecular flexibility index (Phi) is 8.04. The molecule has 2 heteroatoms. The maximum absolute atomic E-state index is 2.43. The van der Waals surface area contributed by atoms with Gasteiger partial charge in [0.2, 0.25) is 0 Å². The van der Waals surface area contributed by atoms with Crippen molar-refractivity contribution in [1.82, 2.24) is 0 Å². The Labute approximate surface area is 262 Å². The Balaban J connectivity index is 1.71. The van der Waals surface area contributed by atoms with Crippen molar-refractivity contribution in [3.63, 3.8) is 0 Å². The van der Waals surface area contributed by atoms with Crippen LogP contribution in [0.3, 0.4) is 0 Å². The van der Waals surface area contributed by atoms with E-state index < -0.39 is 14.5 Å². The van der Waals surface area contributed by atoms with Crippen molar-refractivity contribution < 1.29 is 0 Å². The second-order valence-corrected chi connectivity index (χ2v) is 17.6. The molecule has 7 rings (SSSR count). The van der Waals surface area contributed by atoms with Crippen LogP contribution >= 0.6 is 14.5 Å². The molecular weight excluding hydrogens is 566 g/mol. The molecule has 0 amide bonds. The van der Waals surface area contributed by atoms with Crippen LogP contribution in [0.15, 0.2) is 206 Å². The molecule has 0 nitrogen and oxygen atoms in total. The lowest BCUT2D eigenvalue weighted by molar-refractivity contribution is 1.70. The van der Waals surface area contributed by atoms with E-state index in [2.05, 4.69) is 206 Å². The first-order valence-electron chi connectivity index (χ1n) is 15.1. The molecule has 0 aromatic heterocycles. The summed E-state index contributed by atoms with van der Waals surface area (Å²) in [6.45, 7) is 0. The maximum atomic E-state index is 2.43. The van der Waals surface area contributed by atoms with E-state index in [0.717, 1.165) is 0 Å². The quantitative estimate of drug-likeness (QED) is 0.166. The highest BCUT2D eigenvalue weighted by Gasteiger charge is 2.57. The van der Waals surface area contributed by atoms with Crippen LogP contribution in [0.2, 0.25) is 0 Å². The summed E-state index contributed by atoms with van der Waals surface area (Å²) >= 11 is 0. The molecule has 0 heterocycles. The molecule has 210 valence electrons. The standard InChI is InChI=1S/C42H34P2/c1-7-21-35(22-8-1)43(36-23-9-2-10-24-36,37-25-11-3-12-26-37)41-33-19-20-34-42(41)44(38-27-13-4-14-28-38,39-29-15-5-16-30-39)40-31-17-6-18-32-40/h1-34H/q+2. The summed E-state index contributed by atoms with van der Waals surface area (Å²) in [5.74, 6) is 0. The average Bonchev–Trinajstić information content (AvgIpc) is 3.12. The minimum atomic E-state index is -2.37. The van der Waals surface area contributed by atoms with Crippen LogP contribution in [-0.2, 0) is 0 Å². The Morgan fingerprint density at radius 2 is 0.341 bits per heavy atom. The molecule has 7 aromatic rings. The van der Waals surface area contributed by atoms with Gasteiger partial charge in [-0.05, 0) is 84.9 Å². The fourth-order valence-electron chi connectivity index (χ4n) is 6.67. The highest BCUT2D eigenvalue weighted by Crippen LogP contribution is 2.60. The lowest BCUT2D eigenvalue weighted by atomic mass is 10.3. The highest BCUT2D eigenvalue weighted by atomic mass is 31.2. The van der Waals surface area contributed by atoms with Crippen molar-refractivity contribution in [3.8, 4) is 0 Å². The average molecular weight is 601 g/mol. The smallest absolute Gasteiger partial charge is 0.0620 e. The van der Waals surface area contributed by atoms with Gasteiger partial charge in [0.1, 0.15) is 46.4 Å².